The summed E-state index contributed by atoms with van der Waals surface area (Å²) in [4.78, 5) is 8.53. The highest BCUT2D eigenvalue weighted by molar-refractivity contribution is 9.11. The van der Waals surface area contributed by atoms with E-state index in [1.54, 1.807) is 11.3 Å². The lowest BCUT2D eigenvalue weighted by atomic mass is 10.3. The zero-order valence-electron chi connectivity index (χ0n) is 9.38. The van der Waals surface area contributed by atoms with Gasteiger partial charge in [-0.15, -0.1) is 11.3 Å². The van der Waals surface area contributed by atoms with Gasteiger partial charge in [0.15, 0.2) is 5.96 Å². The molecule has 88 valence electrons. The lowest BCUT2D eigenvalue weighted by Crippen LogP contribution is -2.32. The first kappa shape index (κ1) is 13.2. The number of hydrogen-bond donors (Lipinski definition) is 2. The van der Waals surface area contributed by atoms with Crippen molar-refractivity contribution in [1.29, 1.82) is 0 Å². The fourth-order valence-corrected chi connectivity index (χ4v) is 2.31. The molecule has 0 radical (unpaired) electrons. The first-order valence-electron chi connectivity index (χ1n) is 4.79. The number of halogens is 1. The van der Waals surface area contributed by atoms with Gasteiger partial charge in [0.1, 0.15) is 5.01 Å². The molecular formula is C10H15BrN4S. The van der Waals surface area contributed by atoms with Crippen molar-refractivity contribution in [3.63, 3.8) is 0 Å². The number of aryl methyl sites for hydroxylation is 1. The van der Waals surface area contributed by atoms with Gasteiger partial charge in [-0.1, -0.05) is 12.2 Å². The van der Waals surface area contributed by atoms with Crippen LogP contribution in [0.25, 0.3) is 0 Å². The molecule has 0 saturated heterocycles. The maximum Gasteiger partial charge on any atom is 0.189 e. The van der Waals surface area contributed by atoms with Crippen molar-refractivity contribution in [2.45, 2.75) is 20.4 Å². The number of hydrogen-bond acceptors (Lipinski definition) is 3. The summed E-state index contributed by atoms with van der Waals surface area (Å²) in [6.07, 6.45) is 0. The maximum absolute atomic E-state index is 5.68. The van der Waals surface area contributed by atoms with E-state index < -0.39 is 0 Å². The van der Waals surface area contributed by atoms with Crippen molar-refractivity contribution in [2.75, 3.05) is 6.54 Å². The average molecular weight is 303 g/mol. The third kappa shape index (κ3) is 4.32. The lowest BCUT2D eigenvalue weighted by Gasteiger charge is -2.03. The van der Waals surface area contributed by atoms with Crippen molar-refractivity contribution in [3.05, 3.63) is 26.6 Å². The monoisotopic (exact) mass is 302 g/mol. The second kappa shape index (κ2) is 6.00. The minimum Gasteiger partial charge on any atom is -0.370 e. The molecular weight excluding hydrogens is 288 g/mol. The normalized spacial score (nSPS) is 11.6. The summed E-state index contributed by atoms with van der Waals surface area (Å²) in [7, 11) is 0. The van der Waals surface area contributed by atoms with E-state index in [-0.39, 0.29) is 0 Å². The molecule has 0 aliphatic heterocycles. The second-order valence-corrected chi connectivity index (χ2v) is 5.88. The Kier molecular flexibility index (Phi) is 4.95. The zero-order valence-corrected chi connectivity index (χ0v) is 11.8. The first-order valence-corrected chi connectivity index (χ1v) is 6.40. The molecule has 0 spiro atoms. The van der Waals surface area contributed by atoms with E-state index in [9.17, 15) is 0 Å². The molecule has 1 aromatic rings. The molecule has 3 N–H and O–H groups in total. The molecule has 0 unspecified atom stereocenters. The Labute approximate surface area is 108 Å². The number of aromatic nitrogens is 1. The summed E-state index contributed by atoms with van der Waals surface area (Å²) < 4.78 is 1.05. The highest BCUT2D eigenvalue weighted by Crippen LogP contribution is 2.24. The minimum absolute atomic E-state index is 0.423. The van der Waals surface area contributed by atoms with Crippen LogP contribution in [0.3, 0.4) is 0 Å². The summed E-state index contributed by atoms with van der Waals surface area (Å²) in [5, 5.41) is 3.92. The smallest absolute Gasteiger partial charge is 0.189 e. The highest BCUT2D eigenvalue weighted by Gasteiger charge is 2.03. The van der Waals surface area contributed by atoms with Crippen molar-refractivity contribution < 1.29 is 0 Å². The van der Waals surface area contributed by atoms with E-state index in [2.05, 4.69) is 37.8 Å². The van der Waals surface area contributed by atoms with Crippen molar-refractivity contribution in [2.24, 2.45) is 10.7 Å². The van der Waals surface area contributed by atoms with E-state index in [4.69, 9.17) is 5.73 Å². The van der Waals surface area contributed by atoms with Crippen molar-refractivity contribution >= 4 is 33.2 Å². The highest BCUT2D eigenvalue weighted by atomic mass is 79.9. The van der Waals surface area contributed by atoms with Gasteiger partial charge in [-0.05, 0) is 29.8 Å². The van der Waals surface area contributed by atoms with Crippen LogP contribution in [-0.4, -0.2) is 17.5 Å². The van der Waals surface area contributed by atoms with Crippen LogP contribution in [0.1, 0.15) is 17.6 Å². The van der Waals surface area contributed by atoms with Crippen LogP contribution >= 0.6 is 27.3 Å². The summed E-state index contributed by atoms with van der Waals surface area (Å²) in [5.41, 5.74) is 7.69. The van der Waals surface area contributed by atoms with E-state index >= 15 is 0 Å². The van der Waals surface area contributed by atoms with Gasteiger partial charge < -0.3 is 11.1 Å². The molecule has 0 atom stereocenters. The van der Waals surface area contributed by atoms with Crippen LogP contribution in [0.2, 0.25) is 0 Å². The van der Waals surface area contributed by atoms with Gasteiger partial charge >= 0.3 is 0 Å². The largest absolute Gasteiger partial charge is 0.370 e. The molecule has 1 rings (SSSR count). The number of thiazole rings is 1. The standard InChI is InChI=1S/C10H15BrN4S/c1-6(2)4-13-10(12)14-5-8-15-7(3)9(11)16-8/h1,4-5H2,2-3H3,(H3,12,13,14). The summed E-state index contributed by atoms with van der Waals surface area (Å²) in [6, 6.07) is 0. The number of nitrogens with two attached hydrogens (primary N) is 1. The quantitative estimate of drug-likeness (QED) is 0.509. The molecule has 0 amide bonds. The number of nitrogens with zero attached hydrogens (tertiary/aromatic N) is 2. The Morgan fingerprint density at radius 3 is 2.88 bits per heavy atom. The molecule has 0 saturated carbocycles. The van der Waals surface area contributed by atoms with Crippen LogP contribution in [0, 0.1) is 6.92 Å². The van der Waals surface area contributed by atoms with Crippen molar-refractivity contribution in [1.82, 2.24) is 10.3 Å². The lowest BCUT2D eigenvalue weighted by molar-refractivity contribution is 0.932. The fraction of sp³-hybridized carbons (Fsp3) is 0.400. The number of guanidine groups is 1. The Balaban J connectivity index is 2.49. The van der Waals surface area contributed by atoms with E-state index in [1.807, 2.05) is 13.8 Å². The number of rotatable bonds is 4. The van der Waals surface area contributed by atoms with Gasteiger partial charge in [-0.3, -0.25) is 0 Å². The third-order valence-electron chi connectivity index (χ3n) is 1.74. The number of nitrogens with one attached hydrogen (secondary N) is 1. The van der Waals surface area contributed by atoms with Gasteiger partial charge in [0.05, 0.1) is 16.0 Å². The minimum atomic E-state index is 0.423. The zero-order chi connectivity index (χ0) is 12.1. The Morgan fingerprint density at radius 2 is 2.38 bits per heavy atom. The topological polar surface area (TPSA) is 63.3 Å². The van der Waals surface area contributed by atoms with Crippen molar-refractivity contribution in [3.8, 4) is 0 Å². The van der Waals surface area contributed by atoms with E-state index in [0.29, 0.717) is 19.0 Å². The molecule has 6 heteroatoms. The summed E-state index contributed by atoms with van der Waals surface area (Å²) >= 11 is 5.00. The van der Waals surface area contributed by atoms with Gasteiger partial charge in [-0.2, -0.15) is 0 Å². The Morgan fingerprint density at radius 1 is 1.69 bits per heavy atom. The molecule has 0 aliphatic rings. The molecule has 0 aliphatic carbocycles. The van der Waals surface area contributed by atoms with Gasteiger partial charge in [-0.25, -0.2) is 9.98 Å². The van der Waals surface area contributed by atoms with Crippen LogP contribution in [-0.2, 0) is 6.54 Å². The Hall–Kier alpha value is -0.880. The fourth-order valence-electron chi connectivity index (χ4n) is 0.949. The van der Waals surface area contributed by atoms with Crippen LogP contribution in [0.4, 0.5) is 0 Å². The van der Waals surface area contributed by atoms with E-state index in [0.717, 1.165) is 20.1 Å². The Bertz CT molecular complexity index is 391. The molecule has 1 aromatic heterocycles. The summed E-state index contributed by atoms with van der Waals surface area (Å²) in [5.74, 6) is 0.423. The molecule has 1 heterocycles. The molecule has 16 heavy (non-hydrogen) atoms. The first-order chi connectivity index (χ1) is 7.49. The molecule has 0 fully saturated rings. The third-order valence-corrected chi connectivity index (χ3v) is 3.73. The molecule has 4 nitrogen and oxygen atoms in total. The van der Waals surface area contributed by atoms with Crippen LogP contribution in [0.5, 0.6) is 0 Å². The van der Waals surface area contributed by atoms with Gasteiger partial charge in [0.25, 0.3) is 0 Å². The predicted octanol–water partition coefficient (Wildman–Crippen LogP) is 2.19. The predicted molar refractivity (Wildman–Crippen MR) is 72.7 cm³/mol. The van der Waals surface area contributed by atoms with Crippen LogP contribution in [0.15, 0.2) is 20.9 Å². The SMILES string of the molecule is C=C(C)CNC(N)=NCc1nc(C)c(Br)s1. The molecule has 0 aromatic carbocycles. The van der Waals surface area contributed by atoms with Gasteiger partial charge in [0.2, 0.25) is 0 Å². The summed E-state index contributed by atoms with van der Waals surface area (Å²) in [6.45, 7) is 8.81. The van der Waals surface area contributed by atoms with Gasteiger partial charge in [0, 0.05) is 6.54 Å². The second-order valence-electron chi connectivity index (χ2n) is 3.48. The van der Waals surface area contributed by atoms with Crippen LogP contribution < -0.4 is 11.1 Å². The van der Waals surface area contributed by atoms with E-state index in [1.165, 1.54) is 0 Å². The average Bonchev–Trinajstić information content (AvgIpc) is 2.52. The maximum atomic E-state index is 5.68. The molecule has 0 bridgehead atoms. The number of aliphatic imine (C=N–C) groups is 1.